The first-order valence-electron chi connectivity index (χ1n) is 7.77. The van der Waals surface area contributed by atoms with Crippen molar-refractivity contribution in [2.24, 2.45) is 0 Å². The molecule has 0 radical (unpaired) electrons. The second-order valence-electron chi connectivity index (χ2n) is 5.49. The molecule has 1 aliphatic heterocycles. The van der Waals surface area contributed by atoms with Crippen LogP contribution in [0.1, 0.15) is 27.7 Å². The predicted octanol–water partition coefficient (Wildman–Crippen LogP) is 3.08. The fraction of sp³-hybridized carbons (Fsp3) is 0.158. The molecule has 26 heavy (non-hydrogen) atoms. The van der Waals surface area contributed by atoms with Crippen molar-refractivity contribution in [3.8, 4) is 11.5 Å². The SMILES string of the molecule is COc1ccc2c(c1OC)C(=O)OC2Nc1cccc(/C=C/C(=O)O)c1. The van der Waals surface area contributed by atoms with Gasteiger partial charge < -0.3 is 24.6 Å². The lowest BCUT2D eigenvalue weighted by atomic mass is 10.1. The Bertz CT molecular complexity index is 890. The number of anilines is 1. The number of benzene rings is 2. The monoisotopic (exact) mass is 355 g/mol. The highest BCUT2D eigenvalue weighted by Crippen LogP contribution is 2.42. The molecule has 0 fully saturated rings. The third-order valence-corrected chi connectivity index (χ3v) is 3.89. The quantitative estimate of drug-likeness (QED) is 0.607. The van der Waals surface area contributed by atoms with Crippen molar-refractivity contribution in [3.63, 3.8) is 0 Å². The first kappa shape index (κ1) is 17.3. The zero-order valence-corrected chi connectivity index (χ0v) is 14.2. The fourth-order valence-corrected chi connectivity index (χ4v) is 2.76. The molecule has 1 aliphatic rings. The van der Waals surface area contributed by atoms with Crippen molar-refractivity contribution >= 4 is 23.7 Å². The first-order chi connectivity index (χ1) is 12.5. The number of carbonyl (C=O) groups excluding carboxylic acids is 1. The molecule has 7 heteroatoms. The lowest BCUT2D eigenvalue weighted by Crippen LogP contribution is -2.10. The highest BCUT2D eigenvalue weighted by Gasteiger charge is 2.35. The molecule has 0 aliphatic carbocycles. The molecule has 0 saturated heterocycles. The summed E-state index contributed by atoms with van der Waals surface area (Å²) in [6.07, 6.45) is 1.85. The molecule has 1 unspecified atom stereocenters. The van der Waals surface area contributed by atoms with Crippen molar-refractivity contribution in [2.75, 3.05) is 19.5 Å². The summed E-state index contributed by atoms with van der Waals surface area (Å²) < 4.78 is 15.9. The summed E-state index contributed by atoms with van der Waals surface area (Å²) in [4.78, 5) is 22.9. The number of nitrogens with one attached hydrogen (secondary N) is 1. The molecular formula is C19H17NO6. The Morgan fingerprint density at radius 1 is 1.23 bits per heavy atom. The van der Waals surface area contributed by atoms with Gasteiger partial charge in [-0.2, -0.15) is 0 Å². The number of carboxylic acid groups (broad SMARTS) is 1. The van der Waals surface area contributed by atoms with E-state index in [1.54, 1.807) is 36.4 Å². The smallest absolute Gasteiger partial charge is 0.344 e. The van der Waals surface area contributed by atoms with Gasteiger partial charge in [-0.15, -0.1) is 0 Å². The Labute approximate surface area is 149 Å². The summed E-state index contributed by atoms with van der Waals surface area (Å²) in [5, 5.41) is 11.8. The zero-order chi connectivity index (χ0) is 18.7. The van der Waals surface area contributed by atoms with E-state index in [4.69, 9.17) is 19.3 Å². The maximum absolute atomic E-state index is 12.3. The summed E-state index contributed by atoms with van der Waals surface area (Å²) in [7, 11) is 2.96. The van der Waals surface area contributed by atoms with E-state index >= 15 is 0 Å². The minimum absolute atomic E-state index is 0.325. The predicted molar refractivity (Wildman–Crippen MR) is 94.4 cm³/mol. The van der Waals surface area contributed by atoms with Gasteiger partial charge in [0.1, 0.15) is 5.56 Å². The number of methoxy groups -OCH3 is 2. The Hall–Kier alpha value is -3.48. The number of aliphatic carboxylic acids is 1. The standard InChI is InChI=1S/C19H17NO6/c1-24-14-8-7-13-16(17(14)25-2)19(23)26-18(13)20-12-5-3-4-11(10-12)6-9-15(21)22/h3-10,18,20H,1-2H3,(H,21,22)/b9-6+. The van der Waals surface area contributed by atoms with Crippen LogP contribution in [-0.4, -0.2) is 31.3 Å². The number of esters is 1. The largest absolute Gasteiger partial charge is 0.493 e. The van der Waals surface area contributed by atoms with Gasteiger partial charge in [-0.05, 0) is 35.9 Å². The fourth-order valence-electron chi connectivity index (χ4n) is 2.76. The molecule has 0 amide bonds. The second kappa shape index (κ2) is 7.18. The van der Waals surface area contributed by atoms with Gasteiger partial charge in [-0.3, -0.25) is 0 Å². The van der Waals surface area contributed by atoms with Gasteiger partial charge in [-0.1, -0.05) is 12.1 Å². The van der Waals surface area contributed by atoms with Crippen LogP contribution in [0.3, 0.4) is 0 Å². The molecule has 7 nitrogen and oxygen atoms in total. The number of hydrogen-bond donors (Lipinski definition) is 2. The van der Waals surface area contributed by atoms with Gasteiger partial charge in [0.05, 0.1) is 14.2 Å². The van der Waals surface area contributed by atoms with Crippen LogP contribution < -0.4 is 14.8 Å². The number of hydrogen-bond acceptors (Lipinski definition) is 6. The molecule has 2 aromatic rings. The normalized spacial score (nSPS) is 15.5. The van der Waals surface area contributed by atoms with Crippen LogP contribution in [-0.2, 0) is 9.53 Å². The number of carbonyl (C=O) groups is 2. The van der Waals surface area contributed by atoms with E-state index in [9.17, 15) is 9.59 Å². The maximum atomic E-state index is 12.3. The molecule has 0 spiro atoms. The Morgan fingerprint density at radius 2 is 2.04 bits per heavy atom. The van der Waals surface area contributed by atoms with Crippen LogP contribution in [0, 0.1) is 0 Å². The molecule has 134 valence electrons. The Kier molecular flexibility index (Phi) is 4.79. The van der Waals surface area contributed by atoms with Gasteiger partial charge in [0, 0.05) is 17.3 Å². The van der Waals surface area contributed by atoms with Crippen LogP contribution in [0.15, 0.2) is 42.5 Å². The van der Waals surface area contributed by atoms with Crippen molar-refractivity contribution in [1.82, 2.24) is 0 Å². The number of carboxylic acids is 1. The van der Waals surface area contributed by atoms with Crippen LogP contribution in [0.4, 0.5) is 5.69 Å². The van der Waals surface area contributed by atoms with E-state index in [1.165, 1.54) is 20.3 Å². The number of cyclic esters (lactones) is 1. The highest BCUT2D eigenvalue weighted by molar-refractivity contribution is 5.98. The molecule has 2 N–H and O–H groups in total. The van der Waals surface area contributed by atoms with Gasteiger partial charge in [0.15, 0.2) is 11.5 Å². The van der Waals surface area contributed by atoms with Crippen LogP contribution >= 0.6 is 0 Å². The number of rotatable bonds is 6. The maximum Gasteiger partial charge on any atom is 0.344 e. The Balaban J connectivity index is 1.89. The van der Waals surface area contributed by atoms with Crippen LogP contribution in [0.2, 0.25) is 0 Å². The van der Waals surface area contributed by atoms with Crippen molar-refractivity contribution in [2.45, 2.75) is 6.23 Å². The number of fused-ring (bicyclic) bond motifs is 1. The lowest BCUT2D eigenvalue weighted by molar-refractivity contribution is -0.131. The van der Waals surface area contributed by atoms with Crippen molar-refractivity contribution in [3.05, 3.63) is 59.2 Å². The molecule has 0 aromatic heterocycles. The van der Waals surface area contributed by atoms with Gasteiger partial charge in [-0.25, -0.2) is 9.59 Å². The minimum Gasteiger partial charge on any atom is -0.493 e. The second-order valence-corrected chi connectivity index (χ2v) is 5.49. The first-order valence-corrected chi connectivity index (χ1v) is 7.77. The molecule has 0 saturated carbocycles. The third-order valence-electron chi connectivity index (χ3n) is 3.89. The molecule has 0 bridgehead atoms. The Morgan fingerprint density at radius 3 is 2.73 bits per heavy atom. The summed E-state index contributed by atoms with van der Waals surface area (Å²) in [5.74, 6) is -0.750. The summed E-state index contributed by atoms with van der Waals surface area (Å²) in [6, 6.07) is 10.5. The van der Waals surface area contributed by atoms with E-state index in [1.807, 2.05) is 0 Å². The molecular weight excluding hydrogens is 338 g/mol. The average Bonchev–Trinajstić information content (AvgIpc) is 2.95. The van der Waals surface area contributed by atoms with Crippen molar-refractivity contribution < 1.29 is 28.9 Å². The molecule has 1 heterocycles. The average molecular weight is 355 g/mol. The van der Waals surface area contributed by atoms with E-state index in [-0.39, 0.29) is 0 Å². The molecule has 1 atom stereocenters. The zero-order valence-electron chi connectivity index (χ0n) is 14.2. The van der Waals surface area contributed by atoms with Crippen LogP contribution in [0.25, 0.3) is 6.08 Å². The van der Waals surface area contributed by atoms with Gasteiger partial charge >= 0.3 is 11.9 Å². The third kappa shape index (κ3) is 3.32. The highest BCUT2D eigenvalue weighted by atomic mass is 16.6. The van der Waals surface area contributed by atoms with E-state index in [0.717, 1.165) is 6.08 Å². The molecule has 3 rings (SSSR count). The van der Waals surface area contributed by atoms with Gasteiger partial charge in [0.2, 0.25) is 6.23 Å². The van der Waals surface area contributed by atoms with E-state index in [2.05, 4.69) is 5.32 Å². The topological polar surface area (TPSA) is 94.1 Å². The molecule has 2 aromatic carbocycles. The van der Waals surface area contributed by atoms with E-state index in [0.29, 0.717) is 33.9 Å². The van der Waals surface area contributed by atoms with Crippen LogP contribution in [0.5, 0.6) is 11.5 Å². The lowest BCUT2D eigenvalue weighted by Gasteiger charge is -2.15. The summed E-state index contributed by atoms with van der Waals surface area (Å²) >= 11 is 0. The summed E-state index contributed by atoms with van der Waals surface area (Å²) in [5.41, 5.74) is 2.35. The van der Waals surface area contributed by atoms with Crippen molar-refractivity contribution in [1.29, 1.82) is 0 Å². The van der Waals surface area contributed by atoms with Gasteiger partial charge in [0.25, 0.3) is 0 Å². The minimum atomic E-state index is -1.02. The summed E-state index contributed by atoms with van der Waals surface area (Å²) in [6.45, 7) is 0. The number of ether oxygens (including phenoxy) is 3. The van der Waals surface area contributed by atoms with E-state index < -0.39 is 18.2 Å².